The van der Waals surface area contributed by atoms with Crippen molar-refractivity contribution < 1.29 is 0 Å². The Balaban J connectivity index is 2.55. The van der Waals surface area contributed by atoms with Gasteiger partial charge in [-0.05, 0) is 15.6 Å². The van der Waals surface area contributed by atoms with Gasteiger partial charge in [0.15, 0.2) is 5.82 Å². The summed E-state index contributed by atoms with van der Waals surface area (Å²) in [6.45, 7) is 2.62. The highest BCUT2D eigenvalue weighted by atomic mass is 127. The van der Waals surface area contributed by atoms with Crippen molar-refractivity contribution >= 4 is 22.6 Å². The first-order valence-electron chi connectivity index (χ1n) is 3.72. The quantitative estimate of drug-likeness (QED) is 0.611. The summed E-state index contributed by atoms with van der Waals surface area (Å²) < 4.78 is 2.75. The molecule has 0 N–H and O–H groups in total. The Morgan fingerprint density at radius 1 is 1.58 bits per heavy atom. The van der Waals surface area contributed by atoms with Crippen LogP contribution in [0.4, 0.5) is 0 Å². The number of rotatable bonds is 3. The average Bonchev–Trinajstić information content (AvgIpc) is 2.50. The fourth-order valence-electron chi connectivity index (χ4n) is 0.768. The number of aromatic nitrogens is 4. The van der Waals surface area contributed by atoms with Gasteiger partial charge in [0.2, 0.25) is 0 Å². The van der Waals surface area contributed by atoms with E-state index in [9.17, 15) is 0 Å². The molecule has 0 spiro atoms. The van der Waals surface area contributed by atoms with E-state index in [1.54, 1.807) is 0 Å². The standard InChI is InChI=1S/C7H9IN4/c1-2-4-7-9-11-12(10-7)6-3-5-8/h2,4,6H2,1H3. The molecule has 1 aromatic rings. The van der Waals surface area contributed by atoms with Crippen LogP contribution in [0.2, 0.25) is 0 Å². The van der Waals surface area contributed by atoms with Crippen LogP contribution in [-0.2, 0) is 13.0 Å². The lowest BCUT2D eigenvalue weighted by molar-refractivity contribution is 0.589. The van der Waals surface area contributed by atoms with E-state index in [1.807, 2.05) is 22.6 Å². The third kappa shape index (κ3) is 2.77. The lowest BCUT2D eigenvalue weighted by atomic mass is 10.3. The van der Waals surface area contributed by atoms with E-state index in [0.717, 1.165) is 18.7 Å². The molecule has 0 saturated carbocycles. The minimum absolute atomic E-state index is 0.527. The van der Waals surface area contributed by atoms with Crippen molar-refractivity contribution in [3.05, 3.63) is 5.82 Å². The van der Waals surface area contributed by atoms with E-state index in [1.165, 1.54) is 4.80 Å². The van der Waals surface area contributed by atoms with Gasteiger partial charge in [0.25, 0.3) is 0 Å². The third-order valence-corrected chi connectivity index (χ3v) is 1.64. The van der Waals surface area contributed by atoms with E-state index in [0.29, 0.717) is 6.54 Å². The van der Waals surface area contributed by atoms with E-state index < -0.39 is 0 Å². The van der Waals surface area contributed by atoms with Crippen LogP contribution in [0.5, 0.6) is 0 Å². The maximum atomic E-state index is 4.13. The average molecular weight is 276 g/mol. The van der Waals surface area contributed by atoms with Gasteiger partial charge in [-0.2, -0.15) is 4.80 Å². The van der Waals surface area contributed by atoms with Crippen LogP contribution in [-0.4, -0.2) is 20.2 Å². The van der Waals surface area contributed by atoms with Crippen LogP contribution < -0.4 is 0 Å². The van der Waals surface area contributed by atoms with Crippen LogP contribution in [0.25, 0.3) is 0 Å². The van der Waals surface area contributed by atoms with Crippen molar-refractivity contribution in [2.75, 3.05) is 0 Å². The van der Waals surface area contributed by atoms with Gasteiger partial charge < -0.3 is 0 Å². The molecule has 1 heterocycles. The van der Waals surface area contributed by atoms with Gasteiger partial charge in [-0.25, -0.2) is 0 Å². The summed E-state index contributed by atoms with van der Waals surface area (Å²) in [6.07, 6.45) is 1.93. The number of aryl methyl sites for hydroxylation is 1. The molecular formula is C7H9IN4. The zero-order chi connectivity index (χ0) is 8.81. The largest absolute Gasteiger partial charge is 0.174 e. The normalized spacial score (nSPS) is 9.17. The van der Waals surface area contributed by atoms with E-state index in [4.69, 9.17) is 0 Å². The fourth-order valence-corrected chi connectivity index (χ4v) is 0.938. The summed E-state index contributed by atoms with van der Waals surface area (Å²) in [4.78, 5) is 1.51. The van der Waals surface area contributed by atoms with Crippen LogP contribution in [0, 0.1) is 9.85 Å². The molecule has 0 aliphatic rings. The Kier molecular flexibility index (Phi) is 4.00. The molecule has 0 amide bonds. The molecule has 4 nitrogen and oxygen atoms in total. The molecule has 64 valence electrons. The molecular weight excluding hydrogens is 267 g/mol. The first-order chi connectivity index (χ1) is 5.86. The minimum Gasteiger partial charge on any atom is -0.152 e. The Morgan fingerprint density at radius 3 is 3.08 bits per heavy atom. The monoisotopic (exact) mass is 276 g/mol. The summed E-state index contributed by atoms with van der Waals surface area (Å²) in [7, 11) is 0. The second-order valence-electron chi connectivity index (χ2n) is 2.26. The van der Waals surface area contributed by atoms with Crippen LogP contribution >= 0.6 is 22.6 Å². The summed E-state index contributed by atoms with van der Waals surface area (Å²) >= 11 is 1.99. The van der Waals surface area contributed by atoms with Gasteiger partial charge in [-0.3, -0.25) is 0 Å². The van der Waals surface area contributed by atoms with Crippen LogP contribution in [0.15, 0.2) is 0 Å². The molecule has 0 unspecified atom stereocenters. The molecule has 1 aromatic heterocycles. The van der Waals surface area contributed by atoms with E-state index in [2.05, 4.69) is 32.2 Å². The summed E-state index contributed by atoms with van der Waals surface area (Å²) in [6, 6.07) is 0. The van der Waals surface area contributed by atoms with Crippen molar-refractivity contribution in [1.29, 1.82) is 0 Å². The second kappa shape index (κ2) is 5.09. The number of nitrogens with zero attached hydrogens (tertiary/aromatic N) is 4. The van der Waals surface area contributed by atoms with Crippen molar-refractivity contribution in [2.24, 2.45) is 0 Å². The molecule has 12 heavy (non-hydrogen) atoms. The molecule has 0 radical (unpaired) electrons. The Hall–Kier alpha value is -0.640. The lowest BCUT2D eigenvalue weighted by Crippen LogP contribution is -2.00. The first-order valence-corrected chi connectivity index (χ1v) is 4.80. The highest BCUT2D eigenvalue weighted by Gasteiger charge is 1.98. The van der Waals surface area contributed by atoms with Gasteiger partial charge >= 0.3 is 0 Å². The van der Waals surface area contributed by atoms with Gasteiger partial charge in [0.1, 0.15) is 6.54 Å². The predicted molar refractivity (Wildman–Crippen MR) is 53.6 cm³/mol. The molecule has 0 atom stereocenters. The zero-order valence-corrected chi connectivity index (χ0v) is 8.95. The van der Waals surface area contributed by atoms with Gasteiger partial charge in [0, 0.05) is 29.0 Å². The highest BCUT2D eigenvalue weighted by Crippen LogP contribution is 1.91. The van der Waals surface area contributed by atoms with Gasteiger partial charge in [-0.1, -0.05) is 12.8 Å². The Bertz CT molecular complexity index is 296. The van der Waals surface area contributed by atoms with Crippen molar-refractivity contribution in [3.63, 3.8) is 0 Å². The third-order valence-electron chi connectivity index (χ3n) is 1.26. The molecule has 0 bridgehead atoms. The predicted octanol–water partition coefficient (Wildman–Crippen LogP) is 1.02. The molecule has 0 aliphatic carbocycles. The van der Waals surface area contributed by atoms with Crippen molar-refractivity contribution in [3.8, 4) is 9.85 Å². The van der Waals surface area contributed by atoms with E-state index in [-0.39, 0.29) is 0 Å². The fraction of sp³-hybridized carbons (Fsp3) is 0.571. The van der Waals surface area contributed by atoms with Gasteiger partial charge in [-0.15, -0.1) is 10.2 Å². The molecule has 0 aliphatic heterocycles. The number of hydrogen-bond donors (Lipinski definition) is 0. The van der Waals surface area contributed by atoms with Crippen LogP contribution in [0.1, 0.15) is 19.2 Å². The molecule has 5 heteroatoms. The Labute approximate surface area is 84.9 Å². The number of tetrazole rings is 1. The van der Waals surface area contributed by atoms with Crippen molar-refractivity contribution in [2.45, 2.75) is 26.3 Å². The Morgan fingerprint density at radius 2 is 2.42 bits per heavy atom. The molecule has 1 rings (SSSR count). The summed E-state index contributed by atoms with van der Waals surface area (Å²) in [5, 5.41) is 11.8. The SMILES string of the molecule is CCCc1nnn(CC#CI)n1. The minimum atomic E-state index is 0.527. The lowest BCUT2D eigenvalue weighted by Gasteiger charge is -1.86. The molecule has 0 saturated heterocycles. The topological polar surface area (TPSA) is 43.6 Å². The summed E-state index contributed by atoms with van der Waals surface area (Å²) in [5.41, 5.74) is 0. The van der Waals surface area contributed by atoms with Crippen LogP contribution in [0.3, 0.4) is 0 Å². The molecule has 0 fully saturated rings. The maximum absolute atomic E-state index is 4.13. The highest BCUT2D eigenvalue weighted by molar-refractivity contribution is 14.1. The number of halogens is 1. The van der Waals surface area contributed by atoms with Gasteiger partial charge in [0.05, 0.1) is 0 Å². The second-order valence-corrected chi connectivity index (χ2v) is 2.80. The number of hydrogen-bond acceptors (Lipinski definition) is 3. The van der Waals surface area contributed by atoms with E-state index >= 15 is 0 Å². The zero-order valence-electron chi connectivity index (χ0n) is 6.79. The molecule has 0 aromatic carbocycles. The smallest absolute Gasteiger partial charge is 0.152 e. The van der Waals surface area contributed by atoms with Crippen molar-refractivity contribution in [1.82, 2.24) is 20.2 Å². The maximum Gasteiger partial charge on any atom is 0.174 e. The summed E-state index contributed by atoms with van der Waals surface area (Å²) in [5.74, 6) is 3.65. The first kappa shape index (κ1) is 9.45.